The first-order valence-electron chi connectivity index (χ1n) is 10.2. The van der Waals surface area contributed by atoms with Gasteiger partial charge < -0.3 is 5.73 Å². The number of nitriles is 1. The van der Waals surface area contributed by atoms with Crippen LogP contribution in [-0.2, 0) is 0 Å². The van der Waals surface area contributed by atoms with E-state index in [2.05, 4.69) is 6.92 Å². The molecule has 0 heterocycles. The summed E-state index contributed by atoms with van der Waals surface area (Å²) >= 11 is 0. The number of nitrogens with zero attached hydrogens (tertiary/aromatic N) is 2. The molecular weight excluding hydrogens is 296 g/mol. The minimum absolute atomic E-state index is 0.140. The molecule has 0 aromatic rings. The average molecular weight is 337 g/mol. The quantitative estimate of drug-likeness (QED) is 0.114. The molecule has 0 rings (SSSR count). The second kappa shape index (κ2) is 18.1. The lowest BCUT2D eigenvalue weighted by molar-refractivity contribution is 0.496. The number of hydrogen-bond acceptors (Lipinski definition) is 2. The molecule has 0 bridgehead atoms. The van der Waals surface area contributed by atoms with E-state index in [4.69, 9.17) is 16.4 Å². The van der Waals surface area contributed by atoms with Gasteiger partial charge in [-0.25, -0.2) is 4.90 Å². The molecule has 0 aliphatic heterocycles. The van der Waals surface area contributed by atoms with Crippen molar-refractivity contribution >= 4 is 5.96 Å². The van der Waals surface area contributed by atoms with E-state index < -0.39 is 0 Å². The summed E-state index contributed by atoms with van der Waals surface area (Å²) in [5.41, 5.74) is 5.30. The van der Waals surface area contributed by atoms with Gasteiger partial charge in [-0.3, -0.25) is 5.41 Å². The van der Waals surface area contributed by atoms with E-state index in [0.29, 0.717) is 6.54 Å². The zero-order valence-corrected chi connectivity index (χ0v) is 16.0. The molecule has 0 saturated carbocycles. The second-order valence-electron chi connectivity index (χ2n) is 6.94. The van der Waals surface area contributed by atoms with Crippen LogP contribution in [0, 0.1) is 16.9 Å². The van der Waals surface area contributed by atoms with Gasteiger partial charge in [0.05, 0.1) is 0 Å². The second-order valence-corrected chi connectivity index (χ2v) is 6.94. The molecule has 0 aromatic carbocycles. The Labute approximate surface area is 150 Å². The van der Waals surface area contributed by atoms with Crippen molar-refractivity contribution in [1.29, 1.82) is 10.7 Å². The first kappa shape index (κ1) is 22.8. The first-order chi connectivity index (χ1) is 11.7. The maximum Gasteiger partial charge on any atom is 0.201 e. The Morgan fingerprint density at radius 2 is 1.08 bits per heavy atom. The molecule has 4 nitrogen and oxygen atoms in total. The van der Waals surface area contributed by atoms with Crippen LogP contribution in [0.15, 0.2) is 0 Å². The number of nitrogens with two attached hydrogens (primary N) is 1. The van der Waals surface area contributed by atoms with E-state index in [1.54, 1.807) is 0 Å². The molecule has 0 radical (unpaired) electrons. The lowest BCUT2D eigenvalue weighted by Gasteiger charge is -2.12. The minimum atomic E-state index is -0.140. The summed E-state index contributed by atoms with van der Waals surface area (Å²) in [4.78, 5) is 1.25. The summed E-state index contributed by atoms with van der Waals surface area (Å²) in [6.45, 7) is 2.86. The van der Waals surface area contributed by atoms with Crippen LogP contribution in [-0.4, -0.2) is 17.4 Å². The van der Waals surface area contributed by atoms with Gasteiger partial charge in [0, 0.05) is 6.54 Å². The Kier molecular flexibility index (Phi) is 17.2. The highest BCUT2D eigenvalue weighted by Gasteiger charge is 2.03. The number of nitrogens with one attached hydrogen (secondary N) is 1. The SMILES string of the molecule is CCCCCCCCCCCCCCCCCCN(C#N)C(=N)N. The van der Waals surface area contributed by atoms with E-state index in [1.165, 1.54) is 94.8 Å². The Balaban J connectivity index is 3.13. The smallest absolute Gasteiger partial charge is 0.201 e. The molecule has 140 valence electrons. The molecule has 0 atom stereocenters. The van der Waals surface area contributed by atoms with Crippen molar-refractivity contribution in [3.63, 3.8) is 0 Å². The van der Waals surface area contributed by atoms with Crippen LogP contribution in [0.3, 0.4) is 0 Å². The molecule has 0 spiro atoms. The summed E-state index contributed by atoms with van der Waals surface area (Å²) in [7, 11) is 0. The third kappa shape index (κ3) is 15.6. The van der Waals surface area contributed by atoms with Gasteiger partial charge in [0.1, 0.15) is 0 Å². The van der Waals surface area contributed by atoms with Gasteiger partial charge in [-0.2, -0.15) is 5.26 Å². The van der Waals surface area contributed by atoms with Crippen LogP contribution < -0.4 is 5.73 Å². The van der Waals surface area contributed by atoms with Crippen LogP contribution in [0.5, 0.6) is 0 Å². The normalized spacial score (nSPS) is 10.5. The van der Waals surface area contributed by atoms with Gasteiger partial charge >= 0.3 is 0 Å². The lowest BCUT2D eigenvalue weighted by Crippen LogP contribution is -2.33. The summed E-state index contributed by atoms with van der Waals surface area (Å²) in [5, 5.41) is 16.0. The van der Waals surface area contributed by atoms with Crippen LogP contribution in [0.1, 0.15) is 110 Å². The van der Waals surface area contributed by atoms with Gasteiger partial charge in [0.25, 0.3) is 0 Å². The van der Waals surface area contributed by atoms with Crippen molar-refractivity contribution in [3.05, 3.63) is 0 Å². The summed E-state index contributed by atoms with van der Waals surface area (Å²) in [6, 6.07) is 0. The molecule has 0 aliphatic rings. The number of guanidine groups is 1. The Morgan fingerprint density at radius 3 is 1.38 bits per heavy atom. The van der Waals surface area contributed by atoms with Crippen molar-refractivity contribution in [3.8, 4) is 6.19 Å². The van der Waals surface area contributed by atoms with E-state index in [9.17, 15) is 0 Å². The summed E-state index contributed by atoms with van der Waals surface area (Å²) < 4.78 is 0. The van der Waals surface area contributed by atoms with E-state index in [0.717, 1.165) is 12.8 Å². The van der Waals surface area contributed by atoms with E-state index in [1.807, 2.05) is 6.19 Å². The molecule has 0 unspecified atom stereocenters. The number of hydrogen-bond donors (Lipinski definition) is 2. The highest BCUT2D eigenvalue weighted by atomic mass is 15.2. The van der Waals surface area contributed by atoms with Gasteiger partial charge in [0.15, 0.2) is 6.19 Å². The molecule has 0 amide bonds. The van der Waals surface area contributed by atoms with Crippen LogP contribution >= 0.6 is 0 Å². The van der Waals surface area contributed by atoms with Gasteiger partial charge in [-0.15, -0.1) is 0 Å². The fourth-order valence-electron chi connectivity index (χ4n) is 3.04. The first-order valence-corrected chi connectivity index (χ1v) is 10.2. The van der Waals surface area contributed by atoms with Crippen LogP contribution in [0.2, 0.25) is 0 Å². The molecule has 0 aliphatic carbocycles. The zero-order chi connectivity index (χ0) is 17.9. The molecule has 24 heavy (non-hydrogen) atoms. The average Bonchev–Trinajstić information content (AvgIpc) is 2.57. The predicted molar refractivity (Wildman–Crippen MR) is 104 cm³/mol. The molecule has 4 heteroatoms. The molecule has 0 aromatic heterocycles. The molecule has 0 fully saturated rings. The highest BCUT2D eigenvalue weighted by Crippen LogP contribution is 2.13. The van der Waals surface area contributed by atoms with Crippen molar-refractivity contribution in [2.75, 3.05) is 6.54 Å². The van der Waals surface area contributed by atoms with Gasteiger partial charge in [0.2, 0.25) is 5.96 Å². The van der Waals surface area contributed by atoms with Crippen molar-refractivity contribution in [2.24, 2.45) is 5.73 Å². The largest absolute Gasteiger partial charge is 0.369 e. The summed E-state index contributed by atoms with van der Waals surface area (Å²) in [5.74, 6) is -0.140. The molecule has 0 saturated heterocycles. The predicted octanol–water partition coefficient (Wildman–Crippen LogP) is 5.92. The standard InChI is InChI=1S/C20H40N4/c1-2-3-4-5-6-7-8-9-10-11-12-13-14-15-16-17-18-24(19-21)20(22)23/h2-18H2,1H3,(H3,22,23). The van der Waals surface area contributed by atoms with E-state index >= 15 is 0 Å². The van der Waals surface area contributed by atoms with Crippen LogP contribution in [0.25, 0.3) is 0 Å². The summed E-state index contributed by atoms with van der Waals surface area (Å²) in [6.07, 6.45) is 23.4. The number of rotatable bonds is 17. The number of unbranched alkanes of at least 4 members (excludes halogenated alkanes) is 15. The van der Waals surface area contributed by atoms with Crippen molar-refractivity contribution in [2.45, 2.75) is 110 Å². The fourth-order valence-corrected chi connectivity index (χ4v) is 3.04. The topological polar surface area (TPSA) is 76.9 Å². The maximum atomic E-state index is 8.78. The van der Waals surface area contributed by atoms with Gasteiger partial charge in [-0.1, -0.05) is 103 Å². The monoisotopic (exact) mass is 336 g/mol. The van der Waals surface area contributed by atoms with Gasteiger partial charge in [-0.05, 0) is 6.42 Å². The maximum absolute atomic E-state index is 8.78. The third-order valence-electron chi connectivity index (χ3n) is 4.65. The van der Waals surface area contributed by atoms with Crippen molar-refractivity contribution in [1.82, 2.24) is 4.90 Å². The molecule has 3 N–H and O–H groups in total. The Hall–Kier alpha value is -1.24. The minimum Gasteiger partial charge on any atom is -0.369 e. The Morgan fingerprint density at radius 1 is 0.750 bits per heavy atom. The van der Waals surface area contributed by atoms with Crippen LogP contribution in [0.4, 0.5) is 0 Å². The molecular formula is C20H40N4. The third-order valence-corrected chi connectivity index (χ3v) is 4.65. The van der Waals surface area contributed by atoms with E-state index in [-0.39, 0.29) is 5.96 Å². The highest BCUT2D eigenvalue weighted by molar-refractivity contribution is 5.76. The van der Waals surface area contributed by atoms with Crippen molar-refractivity contribution < 1.29 is 0 Å². The zero-order valence-electron chi connectivity index (χ0n) is 16.0. The fraction of sp³-hybridized carbons (Fsp3) is 0.900. The lowest BCUT2D eigenvalue weighted by atomic mass is 10.0. The Bertz CT molecular complexity index is 322.